The molecule has 0 saturated carbocycles. The van der Waals surface area contributed by atoms with Crippen molar-refractivity contribution in [1.82, 2.24) is 4.98 Å². The molecule has 0 spiro atoms. The number of amides is 1. The Bertz CT molecular complexity index is 717. The zero-order valence-corrected chi connectivity index (χ0v) is 13.4. The number of carbonyl (C=O) groups is 2. The summed E-state index contributed by atoms with van der Waals surface area (Å²) in [5, 5.41) is 2.80. The number of hydrogen-bond donors (Lipinski definition) is 1. The second kappa shape index (κ2) is 7.68. The Hall–Kier alpha value is -2.48. The molecule has 1 aromatic carbocycles. The van der Waals surface area contributed by atoms with Gasteiger partial charge in [0.1, 0.15) is 16.4 Å². The van der Waals surface area contributed by atoms with E-state index >= 15 is 0 Å². The summed E-state index contributed by atoms with van der Waals surface area (Å²) in [5.74, 6) is -1.13. The number of nitrogens with zero attached hydrogens (tertiary/aromatic N) is 1. The summed E-state index contributed by atoms with van der Waals surface area (Å²) in [5.41, 5.74) is 0.481. The highest BCUT2D eigenvalue weighted by molar-refractivity contribution is 7.17. The van der Waals surface area contributed by atoms with Crippen LogP contribution in [-0.4, -0.2) is 30.1 Å². The van der Waals surface area contributed by atoms with Crippen molar-refractivity contribution < 1.29 is 23.5 Å². The van der Waals surface area contributed by atoms with Gasteiger partial charge in [-0.15, -0.1) is 0 Å². The molecule has 0 unspecified atom stereocenters. The largest absolute Gasteiger partial charge is 0.484 e. The maximum Gasteiger partial charge on any atom is 0.350 e. The molecule has 0 aliphatic rings. The number of hydrogen-bond acceptors (Lipinski definition) is 6. The molecule has 6 nitrogen and oxygen atoms in total. The maximum absolute atomic E-state index is 13.0. The number of ether oxygens (including phenoxy) is 2. The number of nitrogens with one attached hydrogen (secondary N) is 1. The first kappa shape index (κ1) is 16.9. The van der Waals surface area contributed by atoms with Gasteiger partial charge in [-0.05, 0) is 26.0 Å². The fourth-order valence-electron chi connectivity index (χ4n) is 1.70. The van der Waals surface area contributed by atoms with Gasteiger partial charge in [-0.2, -0.15) is 0 Å². The van der Waals surface area contributed by atoms with Crippen LogP contribution in [0.5, 0.6) is 5.75 Å². The number of esters is 1. The highest BCUT2D eigenvalue weighted by Gasteiger charge is 2.17. The minimum Gasteiger partial charge on any atom is -0.484 e. The molecule has 2 aromatic rings. The molecule has 0 radical (unpaired) electrons. The lowest BCUT2D eigenvalue weighted by Gasteiger charge is -2.05. The number of halogens is 1. The molecular weight excluding hydrogens is 323 g/mol. The van der Waals surface area contributed by atoms with Crippen molar-refractivity contribution in [3.63, 3.8) is 0 Å². The van der Waals surface area contributed by atoms with Crippen LogP contribution in [0.2, 0.25) is 0 Å². The first-order valence-corrected chi connectivity index (χ1v) is 7.64. The molecule has 1 aromatic heterocycles. The van der Waals surface area contributed by atoms with Crippen molar-refractivity contribution in [2.24, 2.45) is 0 Å². The predicted molar refractivity (Wildman–Crippen MR) is 83.3 cm³/mol. The van der Waals surface area contributed by atoms with E-state index < -0.39 is 17.7 Å². The third kappa shape index (κ3) is 4.75. The van der Waals surface area contributed by atoms with Crippen LogP contribution >= 0.6 is 11.3 Å². The predicted octanol–water partition coefficient (Wildman–Crippen LogP) is 2.78. The van der Waals surface area contributed by atoms with Crippen LogP contribution in [0.25, 0.3) is 0 Å². The lowest BCUT2D eigenvalue weighted by atomic mass is 10.3. The Labute approximate surface area is 136 Å². The van der Waals surface area contributed by atoms with Crippen LogP contribution in [0.1, 0.15) is 22.3 Å². The summed E-state index contributed by atoms with van der Waals surface area (Å²) in [6.45, 7) is 3.33. The maximum atomic E-state index is 13.0. The number of carbonyl (C=O) groups excluding carboxylic acids is 2. The topological polar surface area (TPSA) is 77.5 Å². The van der Waals surface area contributed by atoms with Gasteiger partial charge in [-0.1, -0.05) is 17.4 Å². The zero-order valence-electron chi connectivity index (χ0n) is 12.6. The lowest BCUT2D eigenvalue weighted by molar-refractivity contribution is -0.118. The van der Waals surface area contributed by atoms with E-state index in [2.05, 4.69) is 10.3 Å². The summed E-state index contributed by atoms with van der Waals surface area (Å²) < 4.78 is 23.1. The summed E-state index contributed by atoms with van der Waals surface area (Å²) in [4.78, 5) is 27.9. The number of aryl methyl sites for hydroxylation is 1. The monoisotopic (exact) mass is 338 g/mol. The van der Waals surface area contributed by atoms with Crippen LogP contribution in [0.4, 0.5) is 9.52 Å². The second-order valence-corrected chi connectivity index (χ2v) is 5.45. The molecule has 2 rings (SSSR count). The molecule has 1 N–H and O–H groups in total. The normalized spacial score (nSPS) is 10.2. The standard InChI is InChI=1S/C15H15FN2O4S/c1-3-21-14(20)13-9(2)17-15(23-13)18-12(19)8-22-11-6-4-5-10(16)7-11/h4-7H,3,8H2,1-2H3,(H,17,18,19). The van der Waals surface area contributed by atoms with Crippen molar-refractivity contribution in [2.45, 2.75) is 13.8 Å². The summed E-state index contributed by atoms with van der Waals surface area (Å²) >= 11 is 1.03. The number of thiazole rings is 1. The van der Waals surface area contributed by atoms with E-state index in [1.807, 2.05) is 0 Å². The van der Waals surface area contributed by atoms with Crippen molar-refractivity contribution in [1.29, 1.82) is 0 Å². The molecular formula is C15H15FN2O4S. The van der Waals surface area contributed by atoms with E-state index in [9.17, 15) is 14.0 Å². The smallest absolute Gasteiger partial charge is 0.350 e. The molecule has 1 amide bonds. The molecule has 23 heavy (non-hydrogen) atoms. The van der Waals surface area contributed by atoms with Crippen molar-refractivity contribution in [2.75, 3.05) is 18.5 Å². The van der Waals surface area contributed by atoms with Gasteiger partial charge in [0.05, 0.1) is 12.3 Å². The van der Waals surface area contributed by atoms with Crippen molar-refractivity contribution >= 4 is 28.3 Å². The number of anilines is 1. The Morgan fingerprint density at radius 3 is 2.87 bits per heavy atom. The van der Waals surface area contributed by atoms with Crippen molar-refractivity contribution in [3.05, 3.63) is 40.7 Å². The van der Waals surface area contributed by atoms with E-state index in [0.717, 1.165) is 11.3 Å². The van der Waals surface area contributed by atoms with Gasteiger partial charge >= 0.3 is 5.97 Å². The minimum atomic E-state index is -0.473. The molecule has 0 aliphatic heterocycles. The molecule has 0 bridgehead atoms. The summed E-state index contributed by atoms with van der Waals surface area (Å²) in [6, 6.07) is 5.49. The quantitative estimate of drug-likeness (QED) is 0.820. The van der Waals surface area contributed by atoms with Crippen LogP contribution in [-0.2, 0) is 9.53 Å². The minimum absolute atomic E-state index is 0.252. The Morgan fingerprint density at radius 2 is 2.17 bits per heavy atom. The molecule has 122 valence electrons. The fraction of sp³-hybridized carbons (Fsp3) is 0.267. The highest BCUT2D eigenvalue weighted by Crippen LogP contribution is 2.23. The van der Waals surface area contributed by atoms with E-state index in [1.54, 1.807) is 19.9 Å². The van der Waals surface area contributed by atoms with Gasteiger partial charge in [0.15, 0.2) is 11.7 Å². The molecule has 0 saturated heterocycles. The van der Waals surface area contributed by atoms with Crippen LogP contribution in [0.15, 0.2) is 24.3 Å². The molecule has 1 heterocycles. The number of aromatic nitrogens is 1. The van der Waals surface area contributed by atoms with Gasteiger partial charge < -0.3 is 9.47 Å². The van der Waals surface area contributed by atoms with E-state index in [1.165, 1.54) is 18.2 Å². The third-order valence-corrected chi connectivity index (χ3v) is 3.72. The Balaban J connectivity index is 1.93. The van der Waals surface area contributed by atoms with E-state index in [4.69, 9.17) is 9.47 Å². The molecule has 0 fully saturated rings. The van der Waals surface area contributed by atoms with Crippen LogP contribution < -0.4 is 10.1 Å². The second-order valence-electron chi connectivity index (χ2n) is 4.45. The van der Waals surface area contributed by atoms with Gasteiger partial charge in [-0.25, -0.2) is 14.2 Å². The third-order valence-electron chi connectivity index (χ3n) is 2.67. The van der Waals surface area contributed by atoms with E-state index in [-0.39, 0.29) is 24.1 Å². The Morgan fingerprint density at radius 1 is 1.39 bits per heavy atom. The molecule has 0 aliphatic carbocycles. The average Bonchev–Trinajstić information content (AvgIpc) is 2.86. The molecule has 0 atom stereocenters. The molecule has 8 heteroatoms. The van der Waals surface area contributed by atoms with E-state index in [0.29, 0.717) is 10.6 Å². The van der Waals surface area contributed by atoms with Crippen molar-refractivity contribution in [3.8, 4) is 5.75 Å². The summed E-state index contributed by atoms with van der Waals surface area (Å²) in [7, 11) is 0. The zero-order chi connectivity index (χ0) is 16.8. The van der Waals surface area contributed by atoms with Gasteiger partial charge in [0, 0.05) is 6.07 Å². The van der Waals surface area contributed by atoms with Crippen LogP contribution in [0.3, 0.4) is 0 Å². The number of rotatable bonds is 6. The highest BCUT2D eigenvalue weighted by atomic mass is 32.1. The number of benzene rings is 1. The summed E-state index contributed by atoms with van der Waals surface area (Å²) in [6.07, 6.45) is 0. The van der Waals surface area contributed by atoms with Crippen LogP contribution in [0, 0.1) is 12.7 Å². The first-order chi connectivity index (χ1) is 11.0. The van der Waals surface area contributed by atoms with Gasteiger partial charge in [0.2, 0.25) is 0 Å². The fourth-order valence-corrected chi connectivity index (χ4v) is 2.57. The van der Waals surface area contributed by atoms with Gasteiger partial charge in [0.25, 0.3) is 5.91 Å². The SMILES string of the molecule is CCOC(=O)c1sc(NC(=O)COc2cccc(F)c2)nc1C. The Kier molecular flexibility index (Phi) is 5.64. The van der Waals surface area contributed by atoms with Gasteiger partial charge in [-0.3, -0.25) is 10.1 Å². The lowest BCUT2D eigenvalue weighted by Crippen LogP contribution is -2.20. The first-order valence-electron chi connectivity index (χ1n) is 6.82. The average molecular weight is 338 g/mol.